The summed E-state index contributed by atoms with van der Waals surface area (Å²) >= 11 is 0. The van der Waals surface area contributed by atoms with Gasteiger partial charge in [-0.2, -0.15) is 13.2 Å². The van der Waals surface area contributed by atoms with Gasteiger partial charge in [0.15, 0.2) is 0 Å². The molecule has 1 aliphatic rings. The van der Waals surface area contributed by atoms with E-state index in [4.69, 9.17) is 0 Å². The molecule has 2 N–H and O–H groups in total. The van der Waals surface area contributed by atoms with Gasteiger partial charge in [-0.1, -0.05) is 12.1 Å². The fraction of sp³-hybridized carbons (Fsp3) is 0.533. The minimum absolute atomic E-state index is 0.106. The molecule has 2 unspecified atom stereocenters. The summed E-state index contributed by atoms with van der Waals surface area (Å²) in [5.74, 6) is -0.154. The predicted octanol–water partition coefficient (Wildman–Crippen LogP) is 2.85. The van der Waals surface area contributed by atoms with E-state index in [1.165, 1.54) is 6.07 Å². The van der Waals surface area contributed by atoms with Crippen molar-refractivity contribution in [3.63, 3.8) is 0 Å². The molecule has 0 aliphatic carbocycles. The summed E-state index contributed by atoms with van der Waals surface area (Å²) in [5, 5.41) is 5.90. The number of hydrogen-bond donors (Lipinski definition) is 2. The summed E-state index contributed by atoms with van der Waals surface area (Å²) in [6.45, 7) is 2.13. The topological polar surface area (TPSA) is 41.1 Å². The van der Waals surface area contributed by atoms with Gasteiger partial charge in [-0.15, -0.1) is 0 Å². The zero-order chi connectivity index (χ0) is 15.5. The van der Waals surface area contributed by atoms with Crippen LogP contribution in [0.15, 0.2) is 24.3 Å². The Bertz CT molecular complexity index is 502. The number of alkyl halides is 3. The van der Waals surface area contributed by atoms with Gasteiger partial charge in [0.1, 0.15) is 0 Å². The van der Waals surface area contributed by atoms with Gasteiger partial charge in [-0.3, -0.25) is 4.79 Å². The number of carbonyl (C=O) groups excluding carboxylic acids is 1. The van der Waals surface area contributed by atoms with Crippen molar-refractivity contribution >= 4 is 5.91 Å². The molecule has 116 valence electrons. The third-order valence-electron chi connectivity index (χ3n) is 3.65. The van der Waals surface area contributed by atoms with Crippen molar-refractivity contribution in [2.24, 2.45) is 0 Å². The Balaban J connectivity index is 1.92. The van der Waals surface area contributed by atoms with Crippen LogP contribution in [0.3, 0.4) is 0 Å². The van der Waals surface area contributed by atoms with Crippen LogP contribution in [0.5, 0.6) is 0 Å². The monoisotopic (exact) mass is 300 g/mol. The second-order valence-electron chi connectivity index (χ2n) is 5.47. The van der Waals surface area contributed by atoms with E-state index in [1.54, 1.807) is 6.07 Å². The number of piperidine rings is 1. The highest BCUT2D eigenvalue weighted by Gasteiger charge is 2.30. The van der Waals surface area contributed by atoms with Crippen LogP contribution in [-0.4, -0.2) is 18.0 Å². The molecule has 1 saturated heterocycles. The molecule has 1 heterocycles. The van der Waals surface area contributed by atoms with E-state index in [0.717, 1.165) is 31.4 Å². The van der Waals surface area contributed by atoms with Gasteiger partial charge in [0.05, 0.1) is 11.6 Å². The largest absolute Gasteiger partial charge is 0.416 e. The maximum atomic E-state index is 12.6. The molecule has 1 aromatic rings. The van der Waals surface area contributed by atoms with Crippen molar-refractivity contribution in [1.29, 1.82) is 0 Å². The number of amides is 1. The van der Waals surface area contributed by atoms with E-state index in [-0.39, 0.29) is 18.5 Å². The van der Waals surface area contributed by atoms with Crippen LogP contribution in [0.2, 0.25) is 0 Å². The molecule has 0 saturated carbocycles. The molecule has 0 radical (unpaired) electrons. The molecule has 0 bridgehead atoms. The first-order valence-electron chi connectivity index (χ1n) is 7.06. The Morgan fingerprint density at radius 1 is 1.38 bits per heavy atom. The van der Waals surface area contributed by atoms with E-state index < -0.39 is 11.7 Å². The van der Waals surface area contributed by atoms with Crippen molar-refractivity contribution < 1.29 is 18.0 Å². The highest BCUT2D eigenvalue weighted by atomic mass is 19.4. The Labute approximate surface area is 121 Å². The Morgan fingerprint density at radius 2 is 2.14 bits per heavy atom. The summed E-state index contributed by atoms with van der Waals surface area (Å²) in [6.07, 6.45) is -1.58. The van der Waals surface area contributed by atoms with Gasteiger partial charge in [-0.25, -0.2) is 0 Å². The van der Waals surface area contributed by atoms with Crippen LogP contribution < -0.4 is 10.6 Å². The average molecular weight is 300 g/mol. The fourth-order valence-corrected chi connectivity index (χ4v) is 2.52. The number of hydrogen-bond acceptors (Lipinski definition) is 2. The molecule has 0 spiro atoms. The average Bonchev–Trinajstić information content (AvgIpc) is 2.44. The maximum absolute atomic E-state index is 12.6. The van der Waals surface area contributed by atoms with E-state index in [0.29, 0.717) is 11.6 Å². The summed E-state index contributed by atoms with van der Waals surface area (Å²) < 4.78 is 37.8. The Morgan fingerprint density at radius 3 is 2.81 bits per heavy atom. The van der Waals surface area contributed by atoms with Crippen molar-refractivity contribution in [3.8, 4) is 0 Å². The fourth-order valence-electron chi connectivity index (χ4n) is 2.52. The van der Waals surface area contributed by atoms with Crippen molar-refractivity contribution in [2.45, 2.75) is 51.0 Å². The zero-order valence-corrected chi connectivity index (χ0v) is 11.8. The van der Waals surface area contributed by atoms with Crippen LogP contribution >= 0.6 is 0 Å². The molecule has 1 fully saturated rings. The summed E-state index contributed by atoms with van der Waals surface area (Å²) in [5.41, 5.74) is -0.249. The van der Waals surface area contributed by atoms with Gasteiger partial charge in [0.2, 0.25) is 5.91 Å². The number of carbonyl (C=O) groups is 1. The van der Waals surface area contributed by atoms with Crippen molar-refractivity contribution in [3.05, 3.63) is 35.4 Å². The number of rotatable bonds is 3. The molecule has 3 nitrogen and oxygen atoms in total. The molecule has 0 aromatic heterocycles. The van der Waals surface area contributed by atoms with E-state index in [9.17, 15) is 18.0 Å². The number of halogens is 3. The standard InChI is InChI=1S/C15H19F3N2O/c1-10-4-2-7-13(20-10)14(21)19-9-11-5-3-6-12(8-11)15(16,17)18/h3,5-6,8,10,13,20H,2,4,7,9H2,1H3,(H,19,21). The lowest BCUT2D eigenvalue weighted by molar-refractivity contribution is -0.137. The second kappa shape index (κ2) is 6.47. The molecule has 21 heavy (non-hydrogen) atoms. The van der Waals surface area contributed by atoms with E-state index in [1.807, 2.05) is 6.92 Å². The summed E-state index contributed by atoms with van der Waals surface area (Å²) in [7, 11) is 0. The minimum atomic E-state index is -4.36. The first-order chi connectivity index (χ1) is 9.86. The third-order valence-corrected chi connectivity index (χ3v) is 3.65. The molecule has 2 rings (SSSR count). The van der Waals surface area contributed by atoms with Crippen LogP contribution in [0.25, 0.3) is 0 Å². The highest BCUT2D eigenvalue weighted by molar-refractivity contribution is 5.81. The lowest BCUT2D eigenvalue weighted by atomic mass is 9.99. The first-order valence-corrected chi connectivity index (χ1v) is 7.06. The molecule has 1 aromatic carbocycles. The van der Waals surface area contributed by atoms with Crippen LogP contribution in [-0.2, 0) is 17.5 Å². The molecule has 1 aliphatic heterocycles. The SMILES string of the molecule is CC1CCCC(C(=O)NCc2cccc(C(F)(F)F)c2)N1. The Kier molecular flexibility index (Phi) is 4.88. The second-order valence-corrected chi connectivity index (χ2v) is 5.47. The molecule has 1 amide bonds. The first kappa shape index (κ1) is 15.8. The van der Waals surface area contributed by atoms with Crippen LogP contribution in [0, 0.1) is 0 Å². The minimum Gasteiger partial charge on any atom is -0.351 e. The maximum Gasteiger partial charge on any atom is 0.416 e. The molecular formula is C15H19F3N2O. The van der Waals surface area contributed by atoms with Crippen LogP contribution in [0.1, 0.15) is 37.3 Å². The normalized spacial score (nSPS) is 22.9. The lowest BCUT2D eigenvalue weighted by Gasteiger charge is -2.27. The predicted molar refractivity (Wildman–Crippen MR) is 73.5 cm³/mol. The van der Waals surface area contributed by atoms with Gasteiger partial charge in [-0.05, 0) is 43.9 Å². The number of benzene rings is 1. The quantitative estimate of drug-likeness (QED) is 0.901. The molecule has 2 atom stereocenters. The number of nitrogens with one attached hydrogen (secondary N) is 2. The molecule has 6 heteroatoms. The molecular weight excluding hydrogens is 281 g/mol. The van der Waals surface area contributed by atoms with Crippen molar-refractivity contribution in [1.82, 2.24) is 10.6 Å². The summed E-state index contributed by atoms with van der Waals surface area (Å²) in [6, 6.07) is 5.06. The van der Waals surface area contributed by atoms with E-state index >= 15 is 0 Å². The van der Waals surface area contributed by atoms with Gasteiger partial charge in [0, 0.05) is 12.6 Å². The Hall–Kier alpha value is -1.56. The zero-order valence-electron chi connectivity index (χ0n) is 11.8. The van der Waals surface area contributed by atoms with Gasteiger partial charge < -0.3 is 10.6 Å². The summed E-state index contributed by atoms with van der Waals surface area (Å²) in [4.78, 5) is 12.0. The highest BCUT2D eigenvalue weighted by Crippen LogP contribution is 2.29. The van der Waals surface area contributed by atoms with Gasteiger partial charge in [0.25, 0.3) is 0 Å². The van der Waals surface area contributed by atoms with Gasteiger partial charge >= 0.3 is 6.18 Å². The third kappa shape index (κ3) is 4.46. The van der Waals surface area contributed by atoms with Crippen LogP contribution in [0.4, 0.5) is 13.2 Å². The van der Waals surface area contributed by atoms with Crippen molar-refractivity contribution in [2.75, 3.05) is 0 Å². The lowest BCUT2D eigenvalue weighted by Crippen LogP contribution is -2.49. The van der Waals surface area contributed by atoms with E-state index in [2.05, 4.69) is 10.6 Å². The smallest absolute Gasteiger partial charge is 0.351 e.